The molecule has 1 radical (unpaired) electrons. The van der Waals surface area contributed by atoms with Crippen molar-refractivity contribution in [2.45, 2.75) is 6.42 Å². The van der Waals surface area contributed by atoms with E-state index in [-0.39, 0.29) is 12.3 Å². The topological polar surface area (TPSA) is 63.4 Å². The average Bonchev–Trinajstić information content (AvgIpc) is 2.27. The Bertz CT molecular complexity index is 363. The Hall–Kier alpha value is -1.84. The molecule has 0 atom stereocenters. The molecule has 1 rings (SSSR count). The highest BCUT2D eigenvalue weighted by molar-refractivity contribution is 5.88. The molecule has 85 valence electrons. The number of hydrogen-bond donors (Lipinski definition) is 1. The van der Waals surface area contributed by atoms with E-state index in [9.17, 15) is 9.59 Å². The fourth-order valence-electron chi connectivity index (χ4n) is 1.19. The summed E-state index contributed by atoms with van der Waals surface area (Å²) in [4.78, 5) is 23.7. The minimum atomic E-state index is -0.403. The molecule has 0 spiro atoms. The Balaban J connectivity index is 2.43. The molecule has 16 heavy (non-hydrogen) atoms. The van der Waals surface area contributed by atoms with Crippen molar-refractivity contribution in [2.24, 2.45) is 5.73 Å². The molecule has 0 aromatic heterocycles. The lowest BCUT2D eigenvalue weighted by Crippen LogP contribution is -2.30. The molecule has 0 saturated heterocycles. The number of carbonyl (C=O) groups is 2. The fraction of sp³-hybridized carbons (Fsp3) is 0.250. The zero-order chi connectivity index (χ0) is 12.0. The van der Waals surface area contributed by atoms with E-state index in [1.165, 1.54) is 11.3 Å². The summed E-state index contributed by atoms with van der Waals surface area (Å²) < 4.78 is 0. The predicted molar refractivity (Wildman–Crippen MR) is 61.3 cm³/mol. The van der Waals surface area contributed by atoms with Gasteiger partial charge in [0.1, 0.15) is 0 Å². The first kappa shape index (κ1) is 12.2. The second kappa shape index (κ2) is 5.90. The first-order valence-corrected chi connectivity index (χ1v) is 5.03. The van der Waals surface area contributed by atoms with Crippen molar-refractivity contribution in [1.82, 2.24) is 4.90 Å². The minimum absolute atomic E-state index is 0.132. The van der Waals surface area contributed by atoms with Crippen LogP contribution in [0.1, 0.15) is 12.0 Å². The average molecular weight is 219 g/mol. The first-order chi connectivity index (χ1) is 7.59. The van der Waals surface area contributed by atoms with Gasteiger partial charge < -0.3 is 10.6 Å². The van der Waals surface area contributed by atoms with Crippen LogP contribution in [0.4, 0.5) is 0 Å². The largest absolute Gasteiger partial charge is 0.370 e. The first-order valence-electron chi connectivity index (χ1n) is 5.03. The highest BCUT2D eigenvalue weighted by atomic mass is 16.2. The number of nitrogens with zero attached hydrogens (tertiary/aromatic N) is 1. The van der Waals surface area contributed by atoms with Crippen molar-refractivity contribution in [3.8, 4) is 0 Å². The van der Waals surface area contributed by atoms with Crippen molar-refractivity contribution in [2.75, 3.05) is 13.6 Å². The van der Waals surface area contributed by atoms with Gasteiger partial charge in [-0.05, 0) is 5.56 Å². The Morgan fingerprint density at radius 1 is 1.31 bits per heavy atom. The highest BCUT2D eigenvalue weighted by Crippen LogP contribution is 2.04. The number of likely N-dealkylation sites (N-methyl/N-ethyl adjacent to an activating group) is 1. The van der Waals surface area contributed by atoms with Gasteiger partial charge >= 0.3 is 0 Å². The molecule has 4 heteroatoms. The van der Waals surface area contributed by atoms with Crippen LogP contribution in [0.3, 0.4) is 0 Å². The molecule has 0 bridgehead atoms. The van der Waals surface area contributed by atoms with Gasteiger partial charge in [0.25, 0.3) is 0 Å². The van der Waals surface area contributed by atoms with Gasteiger partial charge in [-0.25, -0.2) is 0 Å². The van der Waals surface area contributed by atoms with Gasteiger partial charge in [-0.2, -0.15) is 0 Å². The minimum Gasteiger partial charge on any atom is -0.370 e. The molecule has 2 N–H and O–H groups in total. The van der Waals surface area contributed by atoms with E-state index in [1.807, 2.05) is 30.3 Å². The van der Waals surface area contributed by atoms with Crippen molar-refractivity contribution in [1.29, 1.82) is 0 Å². The second-order valence-electron chi connectivity index (χ2n) is 3.53. The number of carbonyl (C=O) groups excluding carboxylic acids is 2. The number of amides is 2. The van der Waals surface area contributed by atoms with Crippen LogP contribution in [0.2, 0.25) is 0 Å². The Morgan fingerprint density at radius 2 is 1.94 bits per heavy atom. The molecule has 0 aliphatic carbocycles. The van der Waals surface area contributed by atoms with Crippen LogP contribution in [-0.2, 0) is 9.59 Å². The summed E-state index contributed by atoms with van der Waals surface area (Å²) in [5.74, 6) is -0.535. The van der Waals surface area contributed by atoms with Gasteiger partial charge in [0.15, 0.2) is 0 Å². The van der Waals surface area contributed by atoms with E-state index >= 15 is 0 Å². The molecule has 0 unspecified atom stereocenters. The molecule has 1 aromatic carbocycles. The quantitative estimate of drug-likeness (QED) is 0.787. The lowest BCUT2D eigenvalue weighted by atomic mass is 10.1. The third-order valence-corrected chi connectivity index (χ3v) is 2.16. The fourth-order valence-corrected chi connectivity index (χ4v) is 1.19. The molecule has 0 fully saturated rings. The summed E-state index contributed by atoms with van der Waals surface area (Å²) in [6, 6.07) is 9.31. The van der Waals surface area contributed by atoms with Crippen molar-refractivity contribution in [3.63, 3.8) is 0 Å². The van der Waals surface area contributed by atoms with Crippen molar-refractivity contribution in [3.05, 3.63) is 42.3 Å². The van der Waals surface area contributed by atoms with Crippen LogP contribution in [0.25, 0.3) is 0 Å². The number of primary amides is 1. The number of hydrogen-bond acceptors (Lipinski definition) is 2. The van der Waals surface area contributed by atoms with Crippen LogP contribution < -0.4 is 5.73 Å². The molecule has 0 aliphatic rings. The maximum Gasteiger partial charge on any atom is 0.231 e. The smallest absolute Gasteiger partial charge is 0.231 e. The molecule has 0 heterocycles. The summed E-state index contributed by atoms with van der Waals surface area (Å²) in [5, 5.41) is 0. The number of nitrogens with two attached hydrogens (primary N) is 1. The Labute approximate surface area is 95.0 Å². The molecular weight excluding hydrogens is 204 g/mol. The summed E-state index contributed by atoms with van der Waals surface area (Å²) >= 11 is 0. The van der Waals surface area contributed by atoms with Crippen LogP contribution in [-0.4, -0.2) is 30.3 Å². The van der Waals surface area contributed by atoms with E-state index in [0.717, 1.165) is 5.56 Å². The van der Waals surface area contributed by atoms with E-state index < -0.39 is 5.91 Å². The number of benzene rings is 1. The predicted octanol–water partition coefficient (Wildman–Crippen LogP) is 0.573. The van der Waals surface area contributed by atoms with Gasteiger partial charge in [-0.1, -0.05) is 30.3 Å². The van der Waals surface area contributed by atoms with E-state index in [1.54, 1.807) is 7.05 Å². The Morgan fingerprint density at radius 3 is 2.50 bits per heavy atom. The normalized spacial score (nSPS) is 9.81. The van der Waals surface area contributed by atoms with Gasteiger partial charge in [0.05, 0.1) is 6.42 Å². The SMILES string of the molecule is CN(CCC(N)=O)C(=O)[CH]c1ccccc1. The lowest BCUT2D eigenvalue weighted by Gasteiger charge is -2.15. The van der Waals surface area contributed by atoms with Crippen LogP contribution >= 0.6 is 0 Å². The summed E-state index contributed by atoms with van der Waals surface area (Å²) in [6.07, 6.45) is 1.71. The molecule has 2 amide bonds. The van der Waals surface area contributed by atoms with E-state index in [2.05, 4.69) is 0 Å². The van der Waals surface area contributed by atoms with Gasteiger partial charge in [0, 0.05) is 20.0 Å². The van der Waals surface area contributed by atoms with Crippen molar-refractivity contribution >= 4 is 11.8 Å². The van der Waals surface area contributed by atoms with E-state index in [0.29, 0.717) is 6.54 Å². The molecule has 4 nitrogen and oxygen atoms in total. The molecule has 0 saturated carbocycles. The standard InChI is InChI=1S/C12H15N2O2/c1-14(8-7-11(13)15)12(16)9-10-5-3-2-4-6-10/h2-6,9H,7-8H2,1H3,(H2,13,15). The zero-order valence-electron chi connectivity index (χ0n) is 9.22. The third-order valence-electron chi connectivity index (χ3n) is 2.16. The maximum atomic E-state index is 11.6. The maximum absolute atomic E-state index is 11.6. The lowest BCUT2D eigenvalue weighted by molar-refractivity contribution is -0.126. The Kier molecular flexibility index (Phi) is 4.51. The van der Waals surface area contributed by atoms with Gasteiger partial charge in [-0.15, -0.1) is 0 Å². The monoisotopic (exact) mass is 219 g/mol. The molecular formula is C12H15N2O2. The summed E-state index contributed by atoms with van der Waals surface area (Å²) in [6.45, 7) is 0.345. The zero-order valence-corrected chi connectivity index (χ0v) is 9.22. The molecule has 1 aromatic rings. The second-order valence-corrected chi connectivity index (χ2v) is 3.53. The van der Waals surface area contributed by atoms with E-state index in [4.69, 9.17) is 5.73 Å². The third kappa shape index (κ3) is 4.13. The van der Waals surface area contributed by atoms with Gasteiger partial charge in [0.2, 0.25) is 11.8 Å². The van der Waals surface area contributed by atoms with Crippen LogP contribution in [0.15, 0.2) is 30.3 Å². The van der Waals surface area contributed by atoms with Crippen LogP contribution in [0, 0.1) is 6.42 Å². The summed E-state index contributed by atoms with van der Waals surface area (Å²) in [7, 11) is 1.64. The highest BCUT2D eigenvalue weighted by Gasteiger charge is 2.10. The number of rotatable bonds is 5. The molecule has 0 aliphatic heterocycles. The van der Waals surface area contributed by atoms with Gasteiger partial charge in [-0.3, -0.25) is 9.59 Å². The summed E-state index contributed by atoms with van der Waals surface area (Å²) in [5.41, 5.74) is 5.85. The van der Waals surface area contributed by atoms with Crippen LogP contribution in [0.5, 0.6) is 0 Å². The van der Waals surface area contributed by atoms with Crippen molar-refractivity contribution < 1.29 is 9.59 Å².